The van der Waals surface area contributed by atoms with E-state index < -0.39 is 11.9 Å². The molecule has 0 radical (unpaired) electrons. The molecule has 0 aromatic carbocycles. The number of nitrogens with zero attached hydrogens (tertiary/aromatic N) is 1. The highest BCUT2D eigenvalue weighted by atomic mass is 35.5. The van der Waals surface area contributed by atoms with Gasteiger partial charge in [0.2, 0.25) is 0 Å². The van der Waals surface area contributed by atoms with Crippen LogP contribution < -0.4 is 0 Å². The molecule has 0 rings (SSSR count). The largest absolute Gasteiger partial charge is 0.478 e. The molecule has 0 atom stereocenters. The quantitative estimate of drug-likeness (QED) is 0.346. The Labute approximate surface area is 98.1 Å². The first-order valence-electron chi connectivity index (χ1n) is 4.39. The number of rotatable bonds is 5. The Morgan fingerprint density at radius 3 is 2.50 bits per heavy atom. The first-order valence-corrected chi connectivity index (χ1v) is 4.77. The number of aliphatic imine (C=N–C) groups is 1. The monoisotopic (exact) mass is 245 g/mol. The van der Waals surface area contributed by atoms with Crippen LogP contribution in [0.1, 0.15) is 13.8 Å². The van der Waals surface area contributed by atoms with E-state index in [1.807, 2.05) is 0 Å². The van der Waals surface area contributed by atoms with Crippen molar-refractivity contribution in [2.24, 2.45) is 4.99 Å². The molecule has 0 spiro atoms. The molecule has 0 aliphatic carbocycles. The van der Waals surface area contributed by atoms with Gasteiger partial charge in [-0.3, -0.25) is 4.99 Å². The van der Waals surface area contributed by atoms with E-state index in [1.165, 1.54) is 6.92 Å². The molecule has 88 valence electrons. The number of aliphatic carboxylic acids is 1. The standard InChI is InChI=1S/C10H12ClNO4/c1-4-16-10(15)8(12-3)7(11)5-6(2)9(13)14/h5H,3-4H2,1-2H3,(H,13,14)/b6-5+,8-7+. The lowest BCUT2D eigenvalue weighted by Crippen LogP contribution is -2.07. The summed E-state index contributed by atoms with van der Waals surface area (Å²) in [5, 5.41) is 8.50. The van der Waals surface area contributed by atoms with E-state index in [0.717, 1.165) is 6.08 Å². The fraction of sp³-hybridized carbons (Fsp3) is 0.300. The summed E-state index contributed by atoms with van der Waals surface area (Å²) in [4.78, 5) is 25.2. The highest BCUT2D eigenvalue weighted by Crippen LogP contribution is 2.16. The number of halogens is 1. The molecule has 5 nitrogen and oxygen atoms in total. The van der Waals surface area contributed by atoms with E-state index in [4.69, 9.17) is 16.7 Å². The van der Waals surface area contributed by atoms with Crippen molar-refractivity contribution in [3.05, 3.63) is 22.4 Å². The molecule has 0 unspecified atom stereocenters. The van der Waals surface area contributed by atoms with Crippen LogP contribution in [0, 0.1) is 0 Å². The SMILES string of the molecule is C=N/C(C(=O)OCC)=C(Cl)\C=C(/C)C(=O)O. The summed E-state index contributed by atoms with van der Waals surface area (Å²) in [6, 6.07) is 0. The van der Waals surface area contributed by atoms with Crippen molar-refractivity contribution < 1.29 is 19.4 Å². The Morgan fingerprint density at radius 1 is 1.56 bits per heavy atom. The Kier molecular flexibility index (Phi) is 6.10. The Bertz CT molecular complexity index is 371. The number of carbonyl (C=O) groups excluding carboxylic acids is 1. The normalized spacial score (nSPS) is 12.8. The van der Waals surface area contributed by atoms with Gasteiger partial charge in [0, 0.05) is 5.57 Å². The second kappa shape index (κ2) is 6.79. The number of carbonyl (C=O) groups is 2. The van der Waals surface area contributed by atoms with Crippen LogP contribution in [-0.4, -0.2) is 30.4 Å². The summed E-state index contributed by atoms with van der Waals surface area (Å²) in [6.45, 7) is 6.31. The third kappa shape index (κ3) is 4.27. The summed E-state index contributed by atoms with van der Waals surface area (Å²) in [6.07, 6.45) is 1.12. The highest BCUT2D eigenvalue weighted by molar-refractivity contribution is 6.33. The fourth-order valence-electron chi connectivity index (χ4n) is 0.757. The van der Waals surface area contributed by atoms with Crippen LogP contribution in [0.15, 0.2) is 27.4 Å². The molecular formula is C10H12ClNO4. The third-order valence-corrected chi connectivity index (χ3v) is 1.82. The first-order chi connectivity index (χ1) is 7.43. The maximum atomic E-state index is 11.3. The summed E-state index contributed by atoms with van der Waals surface area (Å²) >= 11 is 5.72. The van der Waals surface area contributed by atoms with E-state index in [1.54, 1.807) is 6.92 Å². The van der Waals surface area contributed by atoms with Gasteiger partial charge in [-0.2, -0.15) is 0 Å². The lowest BCUT2D eigenvalue weighted by Gasteiger charge is -2.02. The minimum Gasteiger partial charge on any atom is -0.478 e. The highest BCUT2D eigenvalue weighted by Gasteiger charge is 2.13. The second-order valence-electron chi connectivity index (χ2n) is 2.71. The van der Waals surface area contributed by atoms with Crippen molar-refractivity contribution in [1.82, 2.24) is 0 Å². The lowest BCUT2D eigenvalue weighted by molar-refractivity contribution is -0.138. The van der Waals surface area contributed by atoms with Gasteiger partial charge in [-0.15, -0.1) is 0 Å². The summed E-state index contributed by atoms with van der Waals surface area (Å²) in [5.41, 5.74) is -0.223. The molecule has 0 aliphatic rings. The van der Waals surface area contributed by atoms with Gasteiger partial charge in [0.25, 0.3) is 0 Å². The molecule has 0 saturated heterocycles. The molecule has 1 N–H and O–H groups in total. The van der Waals surface area contributed by atoms with Crippen molar-refractivity contribution in [2.75, 3.05) is 6.61 Å². The predicted molar refractivity (Wildman–Crippen MR) is 60.5 cm³/mol. The molecular weight excluding hydrogens is 234 g/mol. The fourth-order valence-corrected chi connectivity index (χ4v) is 1.06. The van der Waals surface area contributed by atoms with Crippen LogP contribution in [0.25, 0.3) is 0 Å². The molecule has 0 bridgehead atoms. The van der Waals surface area contributed by atoms with Crippen LogP contribution in [0.2, 0.25) is 0 Å². The Morgan fingerprint density at radius 2 is 2.12 bits per heavy atom. The van der Waals surface area contributed by atoms with Gasteiger partial charge in [0.1, 0.15) is 0 Å². The average molecular weight is 246 g/mol. The van der Waals surface area contributed by atoms with Crippen molar-refractivity contribution in [3.8, 4) is 0 Å². The molecule has 6 heteroatoms. The number of hydrogen-bond acceptors (Lipinski definition) is 4. The van der Waals surface area contributed by atoms with Crippen molar-refractivity contribution in [2.45, 2.75) is 13.8 Å². The molecule has 0 aliphatic heterocycles. The predicted octanol–water partition coefficient (Wildman–Crippen LogP) is 1.73. The van der Waals surface area contributed by atoms with Crippen LogP contribution in [0.3, 0.4) is 0 Å². The molecule has 0 aromatic heterocycles. The molecule has 0 amide bonds. The summed E-state index contributed by atoms with van der Waals surface area (Å²) in [5.74, 6) is -1.87. The molecule has 0 heterocycles. The van der Waals surface area contributed by atoms with E-state index in [2.05, 4.69) is 16.4 Å². The zero-order valence-electron chi connectivity index (χ0n) is 8.99. The number of hydrogen-bond donors (Lipinski definition) is 1. The summed E-state index contributed by atoms with van der Waals surface area (Å²) < 4.78 is 4.67. The van der Waals surface area contributed by atoms with Gasteiger partial charge in [-0.1, -0.05) is 11.6 Å². The lowest BCUT2D eigenvalue weighted by atomic mass is 10.2. The Balaban J connectivity index is 5.17. The van der Waals surface area contributed by atoms with Gasteiger partial charge < -0.3 is 9.84 Å². The average Bonchev–Trinajstić information content (AvgIpc) is 2.18. The molecule has 0 saturated carbocycles. The number of carboxylic acid groups (broad SMARTS) is 1. The zero-order valence-corrected chi connectivity index (χ0v) is 9.74. The van der Waals surface area contributed by atoms with Crippen LogP contribution in [0.5, 0.6) is 0 Å². The van der Waals surface area contributed by atoms with Crippen molar-refractivity contribution in [1.29, 1.82) is 0 Å². The second-order valence-corrected chi connectivity index (χ2v) is 3.11. The molecule has 16 heavy (non-hydrogen) atoms. The number of allylic oxidation sites excluding steroid dienone is 2. The maximum absolute atomic E-state index is 11.3. The van der Waals surface area contributed by atoms with Crippen molar-refractivity contribution >= 4 is 30.3 Å². The van der Waals surface area contributed by atoms with Crippen LogP contribution in [-0.2, 0) is 14.3 Å². The smallest absolute Gasteiger partial charge is 0.358 e. The van der Waals surface area contributed by atoms with E-state index in [0.29, 0.717) is 0 Å². The van der Waals surface area contributed by atoms with Gasteiger partial charge in [-0.05, 0) is 26.6 Å². The van der Waals surface area contributed by atoms with Gasteiger partial charge in [-0.25, -0.2) is 9.59 Å². The minimum atomic E-state index is -1.13. The van der Waals surface area contributed by atoms with E-state index >= 15 is 0 Å². The zero-order chi connectivity index (χ0) is 12.7. The van der Waals surface area contributed by atoms with Gasteiger partial charge >= 0.3 is 11.9 Å². The van der Waals surface area contributed by atoms with Gasteiger partial charge in [0.15, 0.2) is 5.70 Å². The topological polar surface area (TPSA) is 76.0 Å². The number of ether oxygens (including phenoxy) is 1. The molecule has 0 aromatic rings. The maximum Gasteiger partial charge on any atom is 0.358 e. The number of esters is 1. The van der Waals surface area contributed by atoms with E-state index in [9.17, 15) is 9.59 Å². The first kappa shape index (κ1) is 14.4. The summed E-state index contributed by atoms with van der Waals surface area (Å²) in [7, 11) is 0. The van der Waals surface area contributed by atoms with Gasteiger partial charge in [0.05, 0.1) is 11.6 Å². The van der Waals surface area contributed by atoms with Crippen LogP contribution in [0.4, 0.5) is 0 Å². The van der Waals surface area contributed by atoms with Crippen molar-refractivity contribution in [3.63, 3.8) is 0 Å². The Hall–Kier alpha value is -1.62. The minimum absolute atomic E-state index is 0.0181. The third-order valence-electron chi connectivity index (χ3n) is 1.53. The van der Waals surface area contributed by atoms with E-state index in [-0.39, 0.29) is 22.9 Å². The number of carboxylic acids is 1. The molecule has 0 fully saturated rings. The van der Waals surface area contributed by atoms with Crippen LogP contribution >= 0.6 is 11.6 Å².